The number of amides is 1. The first-order valence-corrected chi connectivity index (χ1v) is 13.0. The van der Waals surface area contributed by atoms with Crippen LogP contribution in [0.2, 0.25) is 0 Å². The van der Waals surface area contributed by atoms with Crippen molar-refractivity contribution in [3.63, 3.8) is 0 Å². The summed E-state index contributed by atoms with van der Waals surface area (Å²) in [6.45, 7) is 2.73. The van der Waals surface area contributed by atoms with E-state index in [4.69, 9.17) is 5.73 Å². The molecule has 8 heteroatoms. The minimum absolute atomic E-state index is 0.103. The number of nitrogens with two attached hydrogens (primary N) is 1. The van der Waals surface area contributed by atoms with E-state index >= 15 is 0 Å². The number of pyridine rings is 1. The number of nitrogens with one attached hydrogen (secondary N) is 2. The van der Waals surface area contributed by atoms with Crippen LogP contribution in [0, 0.1) is 6.92 Å². The van der Waals surface area contributed by atoms with Gasteiger partial charge in [-0.25, -0.2) is 9.97 Å². The summed E-state index contributed by atoms with van der Waals surface area (Å²) in [5.74, 6) is 0.634. The van der Waals surface area contributed by atoms with Gasteiger partial charge in [0.05, 0.1) is 0 Å². The number of anilines is 2. The van der Waals surface area contributed by atoms with Gasteiger partial charge in [-0.15, -0.1) is 0 Å². The third-order valence-corrected chi connectivity index (χ3v) is 7.75. The van der Waals surface area contributed by atoms with Crippen LogP contribution in [0.4, 0.5) is 11.6 Å². The van der Waals surface area contributed by atoms with Crippen molar-refractivity contribution in [3.8, 4) is 0 Å². The molecule has 0 unspecified atom stereocenters. The standard InChI is InChI=1S/C30H30N6O2/c1-18-21(10-13-27(31)35-18)15-34-29(37)26-12-11-22-16-32-28(30(38)36(22)26)33-17-25-23-8-4-2-6-19(23)14-20-7-3-5-9-24(20)25/h2-10,13,16,25-26H,11-12,14-15,17H2,1H3,(H2,31,35)(H,32,33)(H,34,37)/t26-/m0/s1. The van der Waals surface area contributed by atoms with Gasteiger partial charge in [-0.2, -0.15) is 0 Å². The Balaban J connectivity index is 1.22. The average molecular weight is 507 g/mol. The molecule has 8 nitrogen and oxygen atoms in total. The molecule has 0 bridgehead atoms. The van der Waals surface area contributed by atoms with Crippen LogP contribution in [-0.4, -0.2) is 27.0 Å². The first-order valence-electron chi connectivity index (χ1n) is 13.0. The molecule has 0 saturated carbocycles. The predicted molar refractivity (Wildman–Crippen MR) is 147 cm³/mol. The second-order valence-corrected chi connectivity index (χ2v) is 10.0. The third-order valence-electron chi connectivity index (χ3n) is 7.75. The lowest BCUT2D eigenvalue weighted by atomic mass is 9.78. The molecular weight excluding hydrogens is 476 g/mol. The Morgan fingerprint density at radius 1 is 1.05 bits per heavy atom. The molecule has 0 fully saturated rings. The highest BCUT2D eigenvalue weighted by Gasteiger charge is 2.31. The largest absolute Gasteiger partial charge is 0.384 e. The van der Waals surface area contributed by atoms with Gasteiger partial charge in [-0.1, -0.05) is 54.6 Å². The summed E-state index contributed by atoms with van der Waals surface area (Å²) < 4.78 is 1.60. The predicted octanol–water partition coefficient (Wildman–Crippen LogP) is 3.48. The molecule has 1 amide bonds. The number of nitrogens with zero attached hydrogens (tertiary/aromatic N) is 3. The molecule has 2 aliphatic rings. The molecule has 192 valence electrons. The molecule has 1 atom stereocenters. The number of fused-ring (bicyclic) bond motifs is 3. The Hall–Kier alpha value is -4.46. The Bertz CT molecular complexity index is 1550. The number of nitrogen functional groups attached to an aromatic ring is 1. The fourth-order valence-electron chi connectivity index (χ4n) is 5.77. The van der Waals surface area contributed by atoms with Crippen molar-refractivity contribution < 1.29 is 4.79 Å². The average Bonchev–Trinajstić information content (AvgIpc) is 3.36. The van der Waals surface area contributed by atoms with E-state index in [2.05, 4.69) is 69.1 Å². The van der Waals surface area contributed by atoms with Crippen molar-refractivity contribution in [1.29, 1.82) is 0 Å². The molecule has 2 aromatic heterocycles. The Labute approximate surface area is 221 Å². The van der Waals surface area contributed by atoms with Crippen molar-refractivity contribution in [2.24, 2.45) is 0 Å². The maximum absolute atomic E-state index is 13.5. The van der Waals surface area contributed by atoms with Crippen molar-refractivity contribution in [1.82, 2.24) is 19.9 Å². The normalized spacial score (nSPS) is 15.9. The molecule has 4 aromatic rings. The SMILES string of the molecule is Cc1nc(N)ccc1CNC(=O)[C@@H]1CCc2cnc(NCC3c4ccccc4Cc4ccccc43)c(=O)n21. The molecule has 1 aliphatic heterocycles. The lowest BCUT2D eigenvalue weighted by molar-refractivity contribution is -0.124. The zero-order valence-electron chi connectivity index (χ0n) is 21.3. The molecule has 0 spiro atoms. The van der Waals surface area contributed by atoms with Crippen LogP contribution in [0.15, 0.2) is 71.7 Å². The topological polar surface area (TPSA) is 115 Å². The van der Waals surface area contributed by atoms with Crippen LogP contribution in [0.3, 0.4) is 0 Å². The first-order chi connectivity index (χ1) is 18.5. The molecule has 0 saturated heterocycles. The summed E-state index contributed by atoms with van der Waals surface area (Å²) in [5, 5.41) is 6.30. The van der Waals surface area contributed by atoms with Crippen LogP contribution >= 0.6 is 0 Å². The van der Waals surface area contributed by atoms with Crippen LogP contribution < -0.4 is 21.9 Å². The summed E-state index contributed by atoms with van der Waals surface area (Å²) in [4.78, 5) is 35.4. The van der Waals surface area contributed by atoms with Gasteiger partial charge in [0.1, 0.15) is 11.9 Å². The molecule has 6 rings (SSSR count). The number of carbonyl (C=O) groups is 1. The number of hydrogen-bond donors (Lipinski definition) is 3. The highest BCUT2D eigenvalue weighted by Crippen LogP contribution is 2.36. The number of rotatable bonds is 6. The van der Waals surface area contributed by atoms with Crippen LogP contribution in [0.25, 0.3) is 0 Å². The smallest absolute Gasteiger partial charge is 0.294 e. The zero-order valence-corrected chi connectivity index (χ0v) is 21.3. The van der Waals surface area contributed by atoms with Crippen LogP contribution in [0.1, 0.15) is 57.6 Å². The summed E-state index contributed by atoms with van der Waals surface area (Å²) in [6.07, 6.45) is 3.82. The minimum Gasteiger partial charge on any atom is -0.384 e. The number of hydrogen-bond acceptors (Lipinski definition) is 6. The summed E-state index contributed by atoms with van der Waals surface area (Å²) >= 11 is 0. The van der Waals surface area contributed by atoms with Crippen molar-refractivity contribution in [2.45, 2.75) is 44.7 Å². The van der Waals surface area contributed by atoms with Gasteiger partial charge in [-0.3, -0.25) is 14.2 Å². The number of carbonyl (C=O) groups excluding carboxylic acids is 1. The van der Waals surface area contributed by atoms with Crippen LogP contribution in [-0.2, 0) is 24.2 Å². The van der Waals surface area contributed by atoms with Gasteiger partial charge in [0.2, 0.25) is 5.91 Å². The highest BCUT2D eigenvalue weighted by molar-refractivity contribution is 5.81. The van der Waals surface area contributed by atoms with Gasteiger partial charge >= 0.3 is 0 Å². The van der Waals surface area contributed by atoms with E-state index in [1.54, 1.807) is 16.8 Å². The Morgan fingerprint density at radius 2 is 1.76 bits per heavy atom. The maximum Gasteiger partial charge on any atom is 0.294 e. The van der Waals surface area contributed by atoms with Crippen molar-refractivity contribution in [3.05, 3.63) is 116 Å². The molecule has 1 aliphatic carbocycles. The van der Waals surface area contributed by atoms with E-state index < -0.39 is 6.04 Å². The Kier molecular flexibility index (Phi) is 6.15. The molecule has 38 heavy (non-hydrogen) atoms. The van der Waals surface area contributed by atoms with E-state index in [0.29, 0.717) is 31.7 Å². The van der Waals surface area contributed by atoms with Crippen molar-refractivity contribution in [2.75, 3.05) is 17.6 Å². The minimum atomic E-state index is -0.570. The summed E-state index contributed by atoms with van der Waals surface area (Å²) in [6, 6.07) is 20.0. The third kappa shape index (κ3) is 4.32. The van der Waals surface area contributed by atoms with Crippen LogP contribution in [0.5, 0.6) is 0 Å². The summed E-state index contributed by atoms with van der Waals surface area (Å²) in [5.41, 5.74) is 13.1. The zero-order chi connectivity index (χ0) is 26.2. The molecule has 2 aromatic carbocycles. The highest BCUT2D eigenvalue weighted by atomic mass is 16.2. The quantitative estimate of drug-likeness (QED) is 0.369. The number of benzene rings is 2. The second kappa shape index (κ2) is 9.78. The van der Waals surface area contributed by atoms with Gasteiger partial charge in [0.25, 0.3) is 5.56 Å². The lowest BCUT2D eigenvalue weighted by Crippen LogP contribution is -2.37. The molecule has 0 radical (unpaired) electrons. The van der Waals surface area contributed by atoms with E-state index in [0.717, 1.165) is 23.4 Å². The molecular formula is C30H30N6O2. The Morgan fingerprint density at radius 3 is 2.47 bits per heavy atom. The fraction of sp³-hybridized carbons (Fsp3) is 0.267. The first kappa shape index (κ1) is 23.9. The van der Waals surface area contributed by atoms with E-state index in [1.165, 1.54) is 22.3 Å². The lowest BCUT2D eigenvalue weighted by Gasteiger charge is -2.29. The van der Waals surface area contributed by atoms with Gasteiger partial charge in [0.15, 0.2) is 5.82 Å². The number of aryl methyl sites for hydroxylation is 2. The molecule has 4 N–H and O–H groups in total. The van der Waals surface area contributed by atoms with Gasteiger partial charge in [-0.05, 0) is 60.1 Å². The van der Waals surface area contributed by atoms with Gasteiger partial charge < -0.3 is 16.4 Å². The molecule has 3 heterocycles. The maximum atomic E-state index is 13.5. The van der Waals surface area contributed by atoms with E-state index in [1.807, 2.05) is 13.0 Å². The summed E-state index contributed by atoms with van der Waals surface area (Å²) in [7, 11) is 0. The fourth-order valence-corrected chi connectivity index (χ4v) is 5.77. The van der Waals surface area contributed by atoms with E-state index in [9.17, 15) is 9.59 Å². The van der Waals surface area contributed by atoms with Gasteiger partial charge in [0, 0.05) is 36.6 Å². The van der Waals surface area contributed by atoms with Crippen molar-refractivity contribution >= 4 is 17.5 Å². The van der Waals surface area contributed by atoms with E-state index in [-0.39, 0.29) is 23.2 Å². The monoisotopic (exact) mass is 506 g/mol. The second-order valence-electron chi connectivity index (χ2n) is 10.0. The number of aromatic nitrogens is 3.